The van der Waals surface area contributed by atoms with Crippen molar-refractivity contribution in [1.82, 2.24) is 10.2 Å². The second-order valence-corrected chi connectivity index (χ2v) is 6.07. The second-order valence-electron chi connectivity index (χ2n) is 6.07. The normalized spacial score (nSPS) is 22.2. The van der Waals surface area contributed by atoms with Crippen LogP contribution in [0.5, 0.6) is 0 Å². The van der Waals surface area contributed by atoms with Gasteiger partial charge in [0.25, 0.3) is 0 Å². The molecule has 2 rings (SSSR count). The number of aliphatic imine (C=N–C) groups is 1. The molecule has 1 heterocycles. The minimum absolute atomic E-state index is 0.178. The molecule has 0 radical (unpaired) electrons. The van der Waals surface area contributed by atoms with Gasteiger partial charge in [0.05, 0.1) is 0 Å². The van der Waals surface area contributed by atoms with E-state index in [-0.39, 0.29) is 6.42 Å². The molecule has 0 unspecified atom stereocenters. The molecule has 1 saturated carbocycles. The molecule has 0 aromatic rings. The molecular weight excluding hydrogens is 267 g/mol. The fourth-order valence-electron chi connectivity index (χ4n) is 3.18. The smallest absolute Gasteiger partial charge is 0.356 e. The Morgan fingerprint density at radius 2 is 2.00 bits per heavy atom. The molecule has 0 aromatic heterocycles. The van der Waals surface area contributed by atoms with Crippen LogP contribution >= 0.6 is 0 Å². The molecule has 0 aromatic carbocycles. The first-order chi connectivity index (χ1) is 9.44. The summed E-state index contributed by atoms with van der Waals surface area (Å²) < 4.78 is 36.1. The summed E-state index contributed by atoms with van der Waals surface area (Å²) in [5.41, 5.74) is 0.508. The molecule has 20 heavy (non-hydrogen) atoms. The van der Waals surface area contributed by atoms with Gasteiger partial charge in [-0.15, -0.1) is 0 Å². The molecule has 3 nitrogen and oxygen atoms in total. The zero-order valence-electron chi connectivity index (χ0n) is 12.1. The zero-order chi connectivity index (χ0) is 14.6. The van der Waals surface area contributed by atoms with Crippen molar-refractivity contribution in [2.75, 3.05) is 26.7 Å². The van der Waals surface area contributed by atoms with Crippen molar-refractivity contribution in [2.45, 2.75) is 51.1 Å². The Morgan fingerprint density at radius 1 is 1.25 bits per heavy atom. The highest BCUT2D eigenvalue weighted by Crippen LogP contribution is 2.47. The van der Waals surface area contributed by atoms with Gasteiger partial charge >= 0.3 is 6.18 Å². The van der Waals surface area contributed by atoms with Crippen molar-refractivity contribution < 1.29 is 13.2 Å². The Hall–Kier alpha value is -0.940. The number of hydrogen-bond donors (Lipinski definition) is 1. The predicted molar refractivity (Wildman–Crippen MR) is 73.7 cm³/mol. The summed E-state index contributed by atoms with van der Waals surface area (Å²) in [5.74, 6) is 0.848. The van der Waals surface area contributed by atoms with Gasteiger partial charge < -0.3 is 10.2 Å². The summed E-state index contributed by atoms with van der Waals surface area (Å²) in [5, 5.41) is 3.19. The lowest BCUT2D eigenvalue weighted by Gasteiger charge is -2.38. The fourth-order valence-corrected chi connectivity index (χ4v) is 3.18. The lowest BCUT2D eigenvalue weighted by atomic mass is 9.68. The molecule has 2 aliphatic rings. The molecule has 1 aliphatic heterocycles. The van der Waals surface area contributed by atoms with Gasteiger partial charge in [0.15, 0.2) is 5.96 Å². The van der Waals surface area contributed by atoms with E-state index in [0.29, 0.717) is 18.4 Å². The van der Waals surface area contributed by atoms with Crippen molar-refractivity contribution >= 4 is 5.96 Å². The van der Waals surface area contributed by atoms with Crippen LogP contribution in [0.3, 0.4) is 0 Å². The third kappa shape index (κ3) is 4.03. The molecule has 6 heteroatoms. The highest BCUT2D eigenvalue weighted by molar-refractivity contribution is 5.80. The Kier molecular flexibility index (Phi) is 4.81. The molecule has 1 N–H and O–H groups in total. The van der Waals surface area contributed by atoms with Crippen LogP contribution in [-0.2, 0) is 0 Å². The third-order valence-corrected chi connectivity index (χ3v) is 4.53. The van der Waals surface area contributed by atoms with Gasteiger partial charge in [-0.05, 0) is 37.5 Å². The number of nitrogens with zero attached hydrogens (tertiary/aromatic N) is 2. The summed E-state index contributed by atoms with van der Waals surface area (Å²) in [7, 11) is 1.74. The quantitative estimate of drug-likeness (QED) is 0.489. The van der Waals surface area contributed by atoms with Gasteiger partial charge in [0, 0.05) is 33.1 Å². The summed E-state index contributed by atoms with van der Waals surface area (Å²) in [6, 6.07) is 0. The molecule has 116 valence electrons. The number of likely N-dealkylation sites (tertiary alicyclic amines) is 1. The first kappa shape index (κ1) is 15.4. The van der Waals surface area contributed by atoms with Gasteiger partial charge in [-0.2, -0.15) is 13.2 Å². The Balaban J connectivity index is 1.66. The molecule has 0 amide bonds. The van der Waals surface area contributed by atoms with Crippen LogP contribution in [0.1, 0.15) is 44.9 Å². The van der Waals surface area contributed by atoms with Gasteiger partial charge in [-0.3, -0.25) is 4.99 Å². The van der Waals surface area contributed by atoms with Gasteiger partial charge in [-0.1, -0.05) is 6.42 Å². The van der Waals surface area contributed by atoms with Gasteiger partial charge in [0.1, 0.15) is 0 Å². The van der Waals surface area contributed by atoms with Crippen molar-refractivity contribution in [1.29, 1.82) is 0 Å². The minimum Gasteiger partial charge on any atom is -0.356 e. The third-order valence-electron chi connectivity index (χ3n) is 4.53. The van der Waals surface area contributed by atoms with E-state index in [1.807, 2.05) is 0 Å². The number of alkyl halides is 3. The Bertz CT molecular complexity index is 348. The van der Waals surface area contributed by atoms with Crippen LogP contribution < -0.4 is 5.32 Å². The SMILES string of the molecule is CN=C(NCCCCC(F)(F)F)N1CCC2(CCC2)C1. The minimum atomic E-state index is -4.03. The van der Waals surface area contributed by atoms with Crippen LogP contribution in [0.15, 0.2) is 4.99 Å². The maximum atomic E-state index is 12.0. The van der Waals surface area contributed by atoms with E-state index in [9.17, 15) is 13.2 Å². The molecule has 0 atom stereocenters. The summed E-state index contributed by atoms with van der Waals surface area (Å²) >= 11 is 0. The van der Waals surface area contributed by atoms with Crippen LogP contribution in [-0.4, -0.2) is 43.7 Å². The van der Waals surface area contributed by atoms with Crippen LogP contribution in [0.2, 0.25) is 0 Å². The zero-order valence-corrected chi connectivity index (χ0v) is 12.1. The van der Waals surface area contributed by atoms with Crippen LogP contribution in [0, 0.1) is 5.41 Å². The van der Waals surface area contributed by atoms with E-state index in [4.69, 9.17) is 0 Å². The number of unbranched alkanes of at least 4 members (excludes halogenated alkanes) is 1. The molecule has 0 bridgehead atoms. The standard InChI is InChI=1S/C14H24F3N3/c1-18-12(19-9-3-2-7-14(15,16)17)20-10-8-13(11-20)5-4-6-13/h2-11H2,1H3,(H,18,19). The molecular formula is C14H24F3N3. The summed E-state index contributed by atoms with van der Waals surface area (Å²) in [6.07, 6.45) is 1.15. The average molecular weight is 291 g/mol. The molecule has 1 aliphatic carbocycles. The Morgan fingerprint density at radius 3 is 2.50 bits per heavy atom. The van der Waals surface area contributed by atoms with E-state index in [2.05, 4.69) is 15.2 Å². The van der Waals surface area contributed by atoms with Crippen molar-refractivity contribution in [2.24, 2.45) is 10.4 Å². The van der Waals surface area contributed by atoms with E-state index in [0.717, 1.165) is 19.0 Å². The first-order valence-corrected chi connectivity index (χ1v) is 7.47. The van der Waals surface area contributed by atoms with Crippen molar-refractivity contribution in [3.05, 3.63) is 0 Å². The lowest BCUT2D eigenvalue weighted by molar-refractivity contribution is -0.135. The van der Waals surface area contributed by atoms with Crippen LogP contribution in [0.25, 0.3) is 0 Å². The summed E-state index contributed by atoms with van der Waals surface area (Å²) in [4.78, 5) is 6.50. The molecule has 1 saturated heterocycles. The van der Waals surface area contributed by atoms with E-state index < -0.39 is 12.6 Å². The number of nitrogens with one attached hydrogen (secondary N) is 1. The van der Waals surface area contributed by atoms with Crippen LogP contribution in [0.4, 0.5) is 13.2 Å². The fraction of sp³-hybridized carbons (Fsp3) is 0.929. The highest BCUT2D eigenvalue weighted by atomic mass is 19.4. The van der Waals surface area contributed by atoms with Crippen molar-refractivity contribution in [3.63, 3.8) is 0 Å². The average Bonchev–Trinajstić information content (AvgIpc) is 2.77. The monoisotopic (exact) mass is 291 g/mol. The summed E-state index contributed by atoms with van der Waals surface area (Å²) in [6.45, 7) is 2.63. The van der Waals surface area contributed by atoms with E-state index >= 15 is 0 Å². The maximum absolute atomic E-state index is 12.0. The number of halogens is 3. The number of guanidine groups is 1. The number of rotatable bonds is 4. The predicted octanol–water partition coefficient (Wildman–Crippen LogP) is 3.17. The first-order valence-electron chi connectivity index (χ1n) is 7.47. The second kappa shape index (κ2) is 6.22. The van der Waals surface area contributed by atoms with Gasteiger partial charge in [-0.25, -0.2) is 0 Å². The largest absolute Gasteiger partial charge is 0.389 e. The molecule has 1 spiro atoms. The maximum Gasteiger partial charge on any atom is 0.389 e. The highest BCUT2D eigenvalue weighted by Gasteiger charge is 2.43. The lowest BCUT2D eigenvalue weighted by Crippen LogP contribution is -2.42. The molecule has 2 fully saturated rings. The number of hydrogen-bond acceptors (Lipinski definition) is 1. The van der Waals surface area contributed by atoms with Crippen molar-refractivity contribution in [3.8, 4) is 0 Å². The van der Waals surface area contributed by atoms with E-state index in [1.54, 1.807) is 7.05 Å². The topological polar surface area (TPSA) is 27.6 Å². The van der Waals surface area contributed by atoms with Gasteiger partial charge in [0.2, 0.25) is 0 Å². The van der Waals surface area contributed by atoms with E-state index in [1.165, 1.54) is 25.7 Å². The Labute approximate surface area is 118 Å².